The molecule has 0 atom stereocenters. The Labute approximate surface area is 285 Å². The summed E-state index contributed by atoms with van der Waals surface area (Å²) in [5.74, 6) is 1.79. The molecule has 0 radical (unpaired) electrons. The van der Waals surface area contributed by atoms with E-state index in [1.54, 1.807) is 19.5 Å². The van der Waals surface area contributed by atoms with Gasteiger partial charge in [-0.15, -0.1) is 0 Å². The number of hydrogen-bond acceptors (Lipinski definition) is 10. The zero-order valence-corrected chi connectivity index (χ0v) is 29.7. The van der Waals surface area contributed by atoms with Crippen molar-refractivity contribution in [2.24, 2.45) is 7.05 Å². The zero-order chi connectivity index (χ0) is 32.5. The van der Waals surface area contributed by atoms with Gasteiger partial charge in [0.2, 0.25) is 5.95 Å². The molecule has 1 aliphatic carbocycles. The number of ether oxygens (including phenoxy) is 1. The predicted molar refractivity (Wildman–Crippen MR) is 194 cm³/mol. The highest BCUT2D eigenvalue weighted by molar-refractivity contribution is 9.10. The number of nitrogens with zero attached hydrogens (tertiary/aromatic N) is 6. The maximum absolute atomic E-state index is 13.0. The highest BCUT2D eigenvalue weighted by Gasteiger charge is 2.30. The van der Waals surface area contributed by atoms with E-state index in [4.69, 9.17) is 9.72 Å². The Balaban J connectivity index is 1.20. The Bertz CT molecular complexity index is 1780. The average molecular weight is 721 g/mol. The third-order valence-corrected chi connectivity index (χ3v) is 11.3. The van der Waals surface area contributed by atoms with Gasteiger partial charge in [-0.1, -0.05) is 12.1 Å². The van der Waals surface area contributed by atoms with E-state index in [1.807, 2.05) is 42.2 Å². The lowest BCUT2D eigenvalue weighted by Gasteiger charge is -2.41. The van der Waals surface area contributed by atoms with Gasteiger partial charge in [0, 0.05) is 92.9 Å². The first-order valence-electron chi connectivity index (χ1n) is 16.5. The summed E-state index contributed by atoms with van der Waals surface area (Å²) >= 11 is 3.60. The number of aromatic nitrogens is 4. The van der Waals surface area contributed by atoms with Crippen molar-refractivity contribution < 1.29 is 9.30 Å². The third kappa shape index (κ3) is 7.51. The first-order chi connectivity index (χ1) is 22.7. The molecule has 2 aliphatic heterocycles. The first kappa shape index (κ1) is 32.1. The molecule has 2 aromatic heterocycles. The summed E-state index contributed by atoms with van der Waals surface area (Å²) in [6.45, 7) is 9.95. The smallest absolute Gasteiger partial charge is 0.229 e. The third-order valence-electron chi connectivity index (χ3n) is 9.13. The van der Waals surface area contributed by atoms with Crippen molar-refractivity contribution in [3.63, 3.8) is 0 Å². The second-order valence-corrected chi connectivity index (χ2v) is 17.1. The summed E-state index contributed by atoms with van der Waals surface area (Å²) in [4.78, 5) is 14.6. The summed E-state index contributed by atoms with van der Waals surface area (Å²) < 4.78 is 22.1. The summed E-state index contributed by atoms with van der Waals surface area (Å²) in [6.07, 6.45) is 10.3. The Morgan fingerprint density at radius 2 is 1.74 bits per heavy atom. The van der Waals surface area contributed by atoms with Crippen LogP contribution in [0.15, 0.2) is 59.5 Å². The standard InChI is InChI=1S/C34H43BrN9O2P/c1-42-22-23(20-38-42)26-18-29(40-34-37-21-27(35)33(41-34)39-28-6-4-5-7-32(28)47(2,3)45)31(46-25-8-9-25)19-30(26)44-14-10-24(11-15-44)43-16-12-36-13-17-43/h4-7,18-22,24-25,36H,8-17H2,1-3H3,(H2,37,39,40,41). The molecule has 3 aliphatic rings. The van der Waals surface area contributed by atoms with E-state index in [2.05, 4.69) is 70.1 Å². The molecule has 0 spiro atoms. The highest BCUT2D eigenvalue weighted by Crippen LogP contribution is 2.44. The second kappa shape index (κ2) is 13.6. The minimum atomic E-state index is -2.52. The lowest BCUT2D eigenvalue weighted by Crippen LogP contribution is -2.52. The van der Waals surface area contributed by atoms with Crippen LogP contribution >= 0.6 is 23.1 Å². The largest absolute Gasteiger partial charge is 0.488 e. The lowest BCUT2D eigenvalue weighted by molar-refractivity contribution is 0.150. The van der Waals surface area contributed by atoms with Crippen LogP contribution in [0.4, 0.5) is 28.8 Å². The summed E-state index contributed by atoms with van der Waals surface area (Å²) in [5.41, 5.74) is 4.86. The number of anilines is 5. The number of benzene rings is 2. The zero-order valence-electron chi connectivity index (χ0n) is 27.2. The number of halogens is 1. The molecule has 0 amide bonds. The van der Waals surface area contributed by atoms with E-state index in [-0.39, 0.29) is 6.10 Å². The number of para-hydroxylation sites is 1. The van der Waals surface area contributed by atoms with Gasteiger partial charge < -0.3 is 30.2 Å². The average Bonchev–Trinajstić information content (AvgIpc) is 3.79. The Morgan fingerprint density at radius 1 is 0.979 bits per heavy atom. The number of aryl methyl sites for hydroxylation is 1. The minimum Gasteiger partial charge on any atom is -0.488 e. The molecule has 13 heteroatoms. The molecule has 3 fully saturated rings. The van der Waals surface area contributed by atoms with Gasteiger partial charge in [-0.05, 0) is 73.1 Å². The van der Waals surface area contributed by atoms with Crippen molar-refractivity contribution >= 4 is 57.2 Å². The molecule has 7 rings (SSSR count). The van der Waals surface area contributed by atoms with Crippen LogP contribution < -0.4 is 30.9 Å². The molecule has 11 nitrogen and oxygen atoms in total. The van der Waals surface area contributed by atoms with Crippen LogP contribution in [0, 0.1) is 0 Å². The molecular weight excluding hydrogens is 677 g/mol. The quantitative estimate of drug-likeness (QED) is 0.174. The van der Waals surface area contributed by atoms with E-state index < -0.39 is 7.14 Å². The SMILES string of the molecule is Cn1cc(-c2cc(Nc3ncc(Br)c(Nc4ccccc4P(C)(C)=O)n3)c(OC3CC3)cc2N2CCC(N3CCNCC3)CC2)cn1. The van der Waals surface area contributed by atoms with Gasteiger partial charge in [-0.3, -0.25) is 9.58 Å². The van der Waals surface area contributed by atoms with Crippen LogP contribution in [0.1, 0.15) is 25.7 Å². The maximum Gasteiger partial charge on any atom is 0.229 e. The number of piperidine rings is 1. The van der Waals surface area contributed by atoms with Crippen LogP contribution in [0.25, 0.3) is 11.1 Å². The topological polar surface area (TPSA) is 112 Å². The van der Waals surface area contributed by atoms with Crippen molar-refractivity contribution in [1.82, 2.24) is 30.0 Å². The summed E-state index contributed by atoms with van der Waals surface area (Å²) in [5, 5.41) is 15.6. The molecule has 4 heterocycles. The van der Waals surface area contributed by atoms with Crippen molar-refractivity contribution in [3.05, 3.63) is 59.5 Å². The van der Waals surface area contributed by atoms with Gasteiger partial charge in [0.05, 0.1) is 28.1 Å². The minimum absolute atomic E-state index is 0.212. The molecule has 0 bridgehead atoms. The molecule has 0 unspecified atom stereocenters. The van der Waals surface area contributed by atoms with Crippen molar-refractivity contribution in [1.29, 1.82) is 0 Å². The number of rotatable bonds is 10. The van der Waals surface area contributed by atoms with Crippen molar-refractivity contribution in [2.45, 2.75) is 37.8 Å². The molecule has 2 aromatic carbocycles. The fourth-order valence-corrected chi connectivity index (χ4v) is 7.96. The molecule has 248 valence electrons. The second-order valence-electron chi connectivity index (χ2n) is 13.1. The fraction of sp³-hybridized carbons (Fsp3) is 0.441. The number of piperazine rings is 1. The molecule has 3 N–H and O–H groups in total. The molecule has 2 saturated heterocycles. The van der Waals surface area contributed by atoms with Crippen LogP contribution in [-0.2, 0) is 11.6 Å². The van der Waals surface area contributed by atoms with Gasteiger partial charge in [-0.2, -0.15) is 10.1 Å². The van der Waals surface area contributed by atoms with Gasteiger partial charge >= 0.3 is 0 Å². The molecule has 47 heavy (non-hydrogen) atoms. The van der Waals surface area contributed by atoms with E-state index in [1.165, 1.54) is 0 Å². The van der Waals surface area contributed by atoms with Crippen LogP contribution in [0.2, 0.25) is 0 Å². The van der Waals surface area contributed by atoms with E-state index in [9.17, 15) is 4.57 Å². The van der Waals surface area contributed by atoms with Gasteiger partial charge in [-0.25, -0.2) is 4.98 Å². The van der Waals surface area contributed by atoms with Crippen LogP contribution in [-0.4, -0.2) is 89.4 Å². The van der Waals surface area contributed by atoms with Crippen molar-refractivity contribution in [3.8, 4) is 16.9 Å². The summed E-state index contributed by atoms with van der Waals surface area (Å²) in [6, 6.07) is 12.6. The molecular formula is C34H43BrN9O2P. The Morgan fingerprint density at radius 3 is 2.45 bits per heavy atom. The Kier molecular flexibility index (Phi) is 9.29. The van der Waals surface area contributed by atoms with Crippen molar-refractivity contribution in [2.75, 3.05) is 68.1 Å². The van der Waals surface area contributed by atoms with Crippen LogP contribution in [0.3, 0.4) is 0 Å². The molecule has 4 aromatic rings. The predicted octanol–water partition coefficient (Wildman–Crippen LogP) is 5.79. The van der Waals surface area contributed by atoms with E-state index in [0.717, 1.165) is 104 Å². The number of hydrogen-bond donors (Lipinski definition) is 3. The van der Waals surface area contributed by atoms with Gasteiger partial charge in [0.15, 0.2) is 0 Å². The molecule has 1 saturated carbocycles. The highest BCUT2D eigenvalue weighted by atomic mass is 79.9. The van der Waals surface area contributed by atoms with Gasteiger partial charge in [0.1, 0.15) is 18.7 Å². The summed E-state index contributed by atoms with van der Waals surface area (Å²) in [7, 11) is -0.570. The maximum atomic E-state index is 13.0. The number of nitrogens with one attached hydrogen (secondary N) is 3. The van der Waals surface area contributed by atoms with E-state index in [0.29, 0.717) is 22.3 Å². The van der Waals surface area contributed by atoms with E-state index >= 15 is 0 Å². The van der Waals surface area contributed by atoms with Gasteiger partial charge in [0.25, 0.3) is 0 Å². The van der Waals surface area contributed by atoms with Crippen LogP contribution in [0.5, 0.6) is 5.75 Å². The lowest BCUT2D eigenvalue weighted by atomic mass is 9.98. The normalized spacial score (nSPS) is 17.9. The fourth-order valence-electron chi connectivity index (χ4n) is 6.51. The monoisotopic (exact) mass is 719 g/mol. The Hall–Kier alpha value is -3.44. The first-order valence-corrected chi connectivity index (χ1v) is 19.9.